The highest BCUT2D eigenvalue weighted by Gasteiger charge is 2.18. The first-order valence-electron chi connectivity index (χ1n) is 11.7. The zero-order valence-electron chi connectivity index (χ0n) is 19.4. The van der Waals surface area contributed by atoms with Crippen molar-refractivity contribution in [2.45, 2.75) is 18.9 Å². The number of morpholine rings is 1. The summed E-state index contributed by atoms with van der Waals surface area (Å²) < 4.78 is 5.49. The number of pyridine rings is 2. The topological polar surface area (TPSA) is 117 Å². The van der Waals surface area contributed by atoms with E-state index in [2.05, 4.69) is 37.4 Å². The monoisotopic (exact) mass is 461 g/mol. The van der Waals surface area contributed by atoms with Gasteiger partial charge in [-0.2, -0.15) is 4.98 Å². The van der Waals surface area contributed by atoms with Crippen molar-refractivity contribution in [1.82, 2.24) is 24.8 Å². The Labute approximate surface area is 199 Å². The van der Waals surface area contributed by atoms with Gasteiger partial charge in [-0.05, 0) is 57.2 Å². The lowest BCUT2D eigenvalue weighted by Crippen LogP contribution is -2.37. The highest BCUT2D eigenvalue weighted by Crippen LogP contribution is 2.26. The van der Waals surface area contributed by atoms with Gasteiger partial charge < -0.3 is 30.9 Å². The summed E-state index contributed by atoms with van der Waals surface area (Å²) in [6.07, 6.45) is 5.83. The van der Waals surface area contributed by atoms with Gasteiger partial charge >= 0.3 is 0 Å². The van der Waals surface area contributed by atoms with Crippen molar-refractivity contribution >= 4 is 29.1 Å². The number of likely N-dealkylation sites (tertiary alicyclic amines) is 1. The van der Waals surface area contributed by atoms with Crippen LogP contribution in [0.15, 0.2) is 42.7 Å². The summed E-state index contributed by atoms with van der Waals surface area (Å²) in [5, 5.41) is 6.94. The Kier molecular flexibility index (Phi) is 6.68. The third-order valence-corrected chi connectivity index (χ3v) is 6.20. The van der Waals surface area contributed by atoms with Gasteiger partial charge in [0.15, 0.2) is 0 Å². The minimum absolute atomic E-state index is 0.469. The molecule has 4 N–H and O–H groups in total. The molecule has 0 atom stereocenters. The average Bonchev–Trinajstić information content (AvgIpc) is 2.87. The summed E-state index contributed by atoms with van der Waals surface area (Å²) in [5.41, 5.74) is 8.29. The third kappa shape index (κ3) is 5.52. The van der Waals surface area contributed by atoms with Crippen molar-refractivity contribution in [2.75, 3.05) is 67.7 Å². The highest BCUT2D eigenvalue weighted by atomic mass is 16.5. The molecule has 0 unspecified atom stereocenters. The van der Waals surface area contributed by atoms with E-state index in [1.807, 2.05) is 30.5 Å². The van der Waals surface area contributed by atoms with E-state index in [9.17, 15) is 0 Å². The van der Waals surface area contributed by atoms with E-state index in [0.717, 1.165) is 61.8 Å². The summed E-state index contributed by atoms with van der Waals surface area (Å²) in [5.74, 6) is 2.73. The molecule has 2 fully saturated rings. The van der Waals surface area contributed by atoms with Crippen molar-refractivity contribution < 1.29 is 4.74 Å². The van der Waals surface area contributed by atoms with Crippen LogP contribution in [0.25, 0.3) is 11.3 Å². The van der Waals surface area contributed by atoms with Crippen LogP contribution < -0.4 is 21.3 Å². The molecule has 10 nitrogen and oxygen atoms in total. The first kappa shape index (κ1) is 22.3. The number of hydrogen-bond acceptors (Lipinski definition) is 10. The molecule has 3 aromatic heterocycles. The van der Waals surface area contributed by atoms with E-state index in [0.29, 0.717) is 36.8 Å². The van der Waals surface area contributed by atoms with Crippen molar-refractivity contribution in [3.05, 3.63) is 42.7 Å². The lowest BCUT2D eigenvalue weighted by atomic mass is 10.1. The van der Waals surface area contributed by atoms with Gasteiger partial charge in [0.25, 0.3) is 0 Å². The van der Waals surface area contributed by atoms with Crippen molar-refractivity contribution in [2.24, 2.45) is 0 Å². The Bertz CT molecular complexity index is 1080. The quantitative estimate of drug-likeness (QED) is 0.506. The number of ether oxygens (including phenoxy) is 1. The number of aromatic nitrogens is 4. The van der Waals surface area contributed by atoms with Crippen molar-refractivity contribution in [3.8, 4) is 11.3 Å². The maximum absolute atomic E-state index is 5.77. The first-order chi connectivity index (χ1) is 16.6. The van der Waals surface area contributed by atoms with Gasteiger partial charge in [0, 0.05) is 37.0 Å². The van der Waals surface area contributed by atoms with E-state index in [-0.39, 0.29) is 0 Å². The van der Waals surface area contributed by atoms with Crippen LogP contribution in [0.3, 0.4) is 0 Å². The maximum atomic E-state index is 5.77. The summed E-state index contributed by atoms with van der Waals surface area (Å²) in [6, 6.07) is 10.1. The Hall–Kier alpha value is -3.50. The average molecular weight is 462 g/mol. The van der Waals surface area contributed by atoms with E-state index >= 15 is 0 Å². The highest BCUT2D eigenvalue weighted by molar-refractivity contribution is 5.67. The number of piperidine rings is 1. The van der Waals surface area contributed by atoms with Gasteiger partial charge in [0.05, 0.1) is 30.8 Å². The molecule has 10 heteroatoms. The first-order valence-corrected chi connectivity index (χ1v) is 11.7. The third-order valence-electron chi connectivity index (χ3n) is 6.20. The van der Waals surface area contributed by atoms with Crippen molar-refractivity contribution in [1.29, 1.82) is 0 Å². The molecular formula is C24H31N9O. The molecule has 178 valence electrons. The number of nitrogens with zero attached hydrogens (tertiary/aromatic N) is 6. The number of nitrogen functional groups attached to an aromatic ring is 1. The van der Waals surface area contributed by atoms with Crippen LogP contribution in [0.1, 0.15) is 12.8 Å². The largest absolute Gasteiger partial charge is 0.384 e. The predicted molar refractivity (Wildman–Crippen MR) is 134 cm³/mol. The molecule has 5 rings (SSSR count). The molecule has 3 aromatic rings. The Balaban J connectivity index is 1.34. The van der Waals surface area contributed by atoms with Crippen LogP contribution in [0.5, 0.6) is 0 Å². The summed E-state index contributed by atoms with van der Waals surface area (Å²) in [4.78, 5) is 22.9. The van der Waals surface area contributed by atoms with E-state index in [4.69, 9.17) is 20.4 Å². The number of anilines is 5. The fraction of sp³-hybridized carbons (Fsp3) is 0.417. The second kappa shape index (κ2) is 10.2. The molecule has 2 aliphatic rings. The van der Waals surface area contributed by atoms with Crippen LogP contribution in [0.4, 0.5) is 29.1 Å². The van der Waals surface area contributed by atoms with E-state index in [1.165, 1.54) is 0 Å². The molecule has 0 amide bonds. The molecule has 34 heavy (non-hydrogen) atoms. The van der Waals surface area contributed by atoms with Crippen LogP contribution >= 0.6 is 0 Å². The van der Waals surface area contributed by atoms with E-state index < -0.39 is 0 Å². The number of hydrogen-bond donors (Lipinski definition) is 3. The molecule has 5 heterocycles. The van der Waals surface area contributed by atoms with Crippen LogP contribution in [0, 0.1) is 0 Å². The Morgan fingerprint density at radius 1 is 0.941 bits per heavy atom. The Morgan fingerprint density at radius 2 is 1.76 bits per heavy atom. The Morgan fingerprint density at radius 3 is 2.47 bits per heavy atom. The molecule has 0 aliphatic carbocycles. The normalized spacial score (nSPS) is 17.5. The molecule has 0 spiro atoms. The second-order valence-corrected chi connectivity index (χ2v) is 8.79. The molecular weight excluding hydrogens is 430 g/mol. The predicted octanol–water partition coefficient (Wildman–Crippen LogP) is 2.60. The van der Waals surface area contributed by atoms with Gasteiger partial charge in [-0.25, -0.2) is 15.0 Å². The van der Waals surface area contributed by atoms with Gasteiger partial charge in [-0.1, -0.05) is 0 Å². The zero-order valence-corrected chi connectivity index (χ0v) is 19.4. The van der Waals surface area contributed by atoms with Crippen LogP contribution in [0.2, 0.25) is 0 Å². The molecule has 0 radical (unpaired) electrons. The minimum Gasteiger partial charge on any atom is -0.384 e. The molecule has 2 aliphatic heterocycles. The standard InChI is InChI=1S/C24H31N9O/c1-32-8-6-18(7-9-32)28-22-5-3-19(16-27-22)29-23-14-20(17-2-4-21(25)26-15-17)30-24(31-23)33-10-12-34-13-11-33/h2-5,14-16,18H,6-13H2,1H3,(H2,25,26)(H,27,28)(H,29,30,31). The molecule has 0 bridgehead atoms. The van der Waals surface area contributed by atoms with Gasteiger partial charge in [0.1, 0.15) is 17.5 Å². The van der Waals surface area contributed by atoms with Crippen LogP contribution in [-0.2, 0) is 4.74 Å². The summed E-state index contributed by atoms with van der Waals surface area (Å²) in [6.45, 7) is 5.05. The molecule has 0 saturated carbocycles. The molecule has 0 aromatic carbocycles. The summed E-state index contributed by atoms with van der Waals surface area (Å²) >= 11 is 0. The lowest BCUT2D eigenvalue weighted by molar-refractivity contribution is 0.122. The van der Waals surface area contributed by atoms with Gasteiger partial charge in [-0.3, -0.25) is 0 Å². The fourth-order valence-corrected chi connectivity index (χ4v) is 4.17. The van der Waals surface area contributed by atoms with Gasteiger partial charge in [0.2, 0.25) is 5.95 Å². The zero-order chi connectivity index (χ0) is 23.3. The maximum Gasteiger partial charge on any atom is 0.228 e. The molecule has 2 saturated heterocycles. The fourth-order valence-electron chi connectivity index (χ4n) is 4.17. The smallest absolute Gasteiger partial charge is 0.228 e. The number of nitrogens with two attached hydrogens (primary N) is 1. The van der Waals surface area contributed by atoms with Gasteiger partial charge in [-0.15, -0.1) is 0 Å². The lowest BCUT2D eigenvalue weighted by Gasteiger charge is -2.29. The second-order valence-electron chi connectivity index (χ2n) is 8.79. The number of nitrogens with one attached hydrogen (secondary N) is 2. The SMILES string of the molecule is CN1CCC(Nc2ccc(Nc3cc(-c4ccc(N)nc4)nc(N4CCOCC4)n3)cn2)CC1. The van der Waals surface area contributed by atoms with Crippen molar-refractivity contribution in [3.63, 3.8) is 0 Å². The van der Waals surface area contributed by atoms with Crippen LogP contribution in [-0.4, -0.2) is 77.3 Å². The van der Waals surface area contributed by atoms with E-state index in [1.54, 1.807) is 12.3 Å². The summed E-state index contributed by atoms with van der Waals surface area (Å²) in [7, 11) is 2.17. The number of rotatable bonds is 6. The minimum atomic E-state index is 0.469.